The highest BCUT2D eigenvalue weighted by molar-refractivity contribution is 6.02. The first-order chi connectivity index (χ1) is 13.2. The van der Waals surface area contributed by atoms with Gasteiger partial charge in [0.25, 0.3) is 0 Å². The number of methoxy groups -OCH3 is 1. The van der Waals surface area contributed by atoms with Crippen molar-refractivity contribution in [2.75, 3.05) is 20.3 Å². The highest BCUT2D eigenvalue weighted by atomic mass is 16.5. The normalized spacial score (nSPS) is 27.2. The van der Waals surface area contributed by atoms with Gasteiger partial charge in [0.15, 0.2) is 17.3 Å². The summed E-state index contributed by atoms with van der Waals surface area (Å²) in [5.74, 6) is -5.55. The molecular weight excluding hydrogens is 368 g/mol. The van der Waals surface area contributed by atoms with Gasteiger partial charge in [-0.3, -0.25) is 14.4 Å². The molecule has 2 N–H and O–H groups in total. The van der Waals surface area contributed by atoms with Crippen molar-refractivity contribution >= 4 is 17.7 Å². The summed E-state index contributed by atoms with van der Waals surface area (Å²) in [4.78, 5) is 38.1. The number of carbonyl (C=O) groups excluding carboxylic acids is 3. The predicted octanol–water partition coefficient (Wildman–Crippen LogP) is 1.57. The first kappa shape index (κ1) is 21.7. The van der Waals surface area contributed by atoms with Crippen LogP contribution in [0.3, 0.4) is 0 Å². The number of esters is 2. The lowest BCUT2D eigenvalue weighted by atomic mass is 9.61. The lowest BCUT2D eigenvalue weighted by Gasteiger charge is -2.43. The first-order valence-corrected chi connectivity index (χ1v) is 9.13. The zero-order valence-electron chi connectivity index (χ0n) is 16.4. The molecule has 1 aromatic rings. The predicted molar refractivity (Wildman–Crippen MR) is 97.9 cm³/mol. The number of hydrogen-bond acceptors (Lipinski definition) is 8. The number of ether oxygens (including phenoxy) is 3. The number of aliphatic hydroxyl groups is 1. The molecule has 0 spiro atoms. The SMILES string of the molecule is CCOC(=O)[C@@H]1C(=O)C[C@@](C)(O)[C@H](C(=O)OCC)[C@@H]1c1ccc(O)c(OC)c1. The van der Waals surface area contributed by atoms with Gasteiger partial charge in [0, 0.05) is 12.3 Å². The monoisotopic (exact) mass is 394 g/mol. The van der Waals surface area contributed by atoms with Gasteiger partial charge in [-0.1, -0.05) is 6.07 Å². The molecule has 154 valence electrons. The van der Waals surface area contributed by atoms with E-state index in [4.69, 9.17) is 14.2 Å². The molecule has 0 amide bonds. The van der Waals surface area contributed by atoms with Crippen LogP contribution in [-0.4, -0.2) is 53.9 Å². The topological polar surface area (TPSA) is 119 Å². The number of carbonyl (C=O) groups is 3. The standard InChI is InChI=1S/C20H26O8/c1-5-27-18(23)16-13(22)10-20(3,25)17(19(24)28-6-2)15(16)11-7-8-12(21)14(9-11)26-4/h7-9,15-17,21,25H,5-6,10H2,1-4H3/t15-,16-,17+,20-/m1/s1. The van der Waals surface area contributed by atoms with Crippen molar-refractivity contribution in [3.63, 3.8) is 0 Å². The number of Topliss-reactive ketones (excluding diaryl/α,β-unsaturated/α-hetero) is 1. The second-order valence-electron chi connectivity index (χ2n) is 6.92. The van der Waals surface area contributed by atoms with Gasteiger partial charge in [0.1, 0.15) is 5.92 Å². The van der Waals surface area contributed by atoms with E-state index in [9.17, 15) is 24.6 Å². The fourth-order valence-corrected chi connectivity index (χ4v) is 3.78. The molecule has 0 bridgehead atoms. The van der Waals surface area contributed by atoms with Crippen molar-refractivity contribution < 1.29 is 38.8 Å². The van der Waals surface area contributed by atoms with Gasteiger partial charge >= 0.3 is 11.9 Å². The van der Waals surface area contributed by atoms with Crippen molar-refractivity contribution in [3.8, 4) is 11.5 Å². The second kappa shape index (κ2) is 8.60. The number of ketones is 1. The third kappa shape index (κ3) is 4.11. The molecule has 0 saturated heterocycles. The number of benzene rings is 1. The highest BCUT2D eigenvalue weighted by Gasteiger charge is 2.57. The third-order valence-corrected chi connectivity index (χ3v) is 4.94. The van der Waals surface area contributed by atoms with Crippen LogP contribution in [0.5, 0.6) is 11.5 Å². The maximum absolute atomic E-state index is 12.8. The molecule has 8 heteroatoms. The Bertz CT molecular complexity index is 755. The van der Waals surface area contributed by atoms with E-state index in [1.807, 2.05) is 0 Å². The average molecular weight is 394 g/mol. The van der Waals surface area contributed by atoms with Gasteiger partial charge in [-0.25, -0.2) is 0 Å². The van der Waals surface area contributed by atoms with E-state index < -0.39 is 41.1 Å². The third-order valence-electron chi connectivity index (χ3n) is 4.94. The minimum Gasteiger partial charge on any atom is -0.504 e. The van der Waals surface area contributed by atoms with Crippen LogP contribution in [0, 0.1) is 11.8 Å². The number of phenolic OH excluding ortho intramolecular Hbond substituents is 1. The smallest absolute Gasteiger partial charge is 0.317 e. The molecule has 4 atom stereocenters. The van der Waals surface area contributed by atoms with Gasteiger partial charge in [-0.05, 0) is 38.5 Å². The molecular formula is C20H26O8. The molecule has 0 heterocycles. The van der Waals surface area contributed by atoms with Crippen LogP contribution in [0.25, 0.3) is 0 Å². The highest BCUT2D eigenvalue weighted by Crippen LogP contribution is 2.47. The molecule has 0 radical (unpaired) electrons. The molecule has 1 aromatic carbocycles. The van der Waals surface area contributed by atoms with Gasteiger partial charge in [0.2, 0.25) is 0 Å². The molecule has 0 aliphatic heterocycles. The van der Waals surface area contributed by atoms with E-state index in [1.54, 1.807) is 13.8 Å². The zero-order chi connectivity index (χ0) is 21.1. The van der Waals surface area contributed by atoms with E-state index in [-0.39, 0.29) is 31.1 Å². The van der Waals surface area contributed by atoms with E-state index in [0.717, 1.165) is 0 Å². The van der Waals surface area contributed by atoms with E-state index >= 15 is 0 Å². The van der Waals surface area contributed by atoms with Crippen LogP contribution in [0.15, 0.2) is 18.2 Å². The summed E-state index contributed by atoms with van der Waals surface area (Å²) in [6, 6.07) is 4.26. The van der Waals surface area contributed by atoms with Crippen molar-refractivity contribution in [1.82, 2.24) is 0 Å². The Labute approximate surface area is 163 Å². The molecule has 0 unspecified atom stereocenters. The summed E-state index contributed by atoms with van der Waals surface area (Å²) in [6.45, 7) is 4.76. The molecule has 2 rings (SSSR count). The minimum atomic E-state index is -1.72. The van der Waals surface area contributed by atoms with Crippen molar-refractivity contribution in [2.45, 2.75) is 38.7 Å². The molecule has 8 nitrogen and oxygen atoms in total. The zero-order valence-corrected chi connectivity index (χ0v) is 16.4. The van der Waals surface area contributed by atoms with Crippen molar-refractivity contribution in [3.05, 3.63) is 23.8 Å². The molecule has 1 saturated carbocycles. The van der Waals surface area contributed by atoms with Crippen molar-refractivity contribution in [1.29, 1.82) is 0 Å². The summed E-state index contributed by atoms with van der Waals surface area (Å²) in [6.07, 6.45) is -0.383. The molecule has 0 aromatic heterocycles. The summed E-state index contributed by atoms with van der Waals surface area (Å²) in [5.41, 5.74) is -1.35. The van der Waals surface area contributed by atoms with E-state index in [0.29, 0.717) is 5.56 Å². The van der Waals surface area contributed by atoms with Crippen LogP contribution >= 0.6 is 0 Å². The molecule has 1 fully saturated rings. The fraction of sp³-hybridized carbons (Fsp3) is 0.550. The Kier molecular flexibility index (Phi) is 6.66. The lowest BCUT2D eigenvalue weighted by molar-refractivity contribution is -0.172. The van der Waals surface area contributed by atoms with Crippen LogP contribution in [0.1, 0.15) is 38.7 Å². The van der Waals surface area contributed by atoms with Crippen LogP contribution in [0.2, 0.25) is 0 Å². The molecule has 28 heavy (non-hydrogen) atoms. The van der Waals surface area contributed by atoms with Crippen molar-refractivity contribution in [2.24, 2.45) is 11.8 Å². The van der Waals surface area contributed by atoms with Gasteiger partial charge < -0.3 is 24.4 Å². The van der Waals surface area contributed by atoms with Crippen LogP contribution in [-0.2, 0) is 23.9 Å². The number of rotatable bonds is 6. The average Bonchev–Trinajstić information content (AvgIpc) is 2.61. The Morgan fingerprint density at radius 1 is 1.18 bits per heavy atom. The van der Waals surface area contributed by atoms with Crippen LogP contribution in [0.4, 0.5) is 0 Å². The van der Waals surface area contributed by atoms with Gasteiger partial charge in [-0.2, -0.15) is 0 Å². The largest absolute Gasteiger partial charge is 0.504 e. The summed E-state index contributed by atoms with van der Waals surface area (Å²) >= 11 is 0. The summed E-state index contributed by atoms with van der Waals surface area (Å²) < 4.78 is 15.3. The second-order valence-corrected chi connectivity index (χ2v) is 6.92. The van der Waals surface area contributed by atoms with E-state index in [1.165, 1.54) is 32.2 Å². The summed E-state index contributed by atoms with van der Waals surface area (Å²) in [5, 5.41) is 20.8. The maximum Gasteiger partial charge on any atom is 0.317 e. The first-order valence-electron chi connectivity index (χ1n) is 9.13. The number of phenols is 1. The number of hydrogen-bond donors (Lipinski definition) is 2. The van der Waals surface area contributed by atoms with E-state index in [2.05, 4.69) is 0 Å². The maximum atomic E-state index is 12.8. The number of aromatic hydroxyl groups is 1. The fourth-order valence-electron chi connectivity index (χ4n) is 3.78. The van der Waals surface area contributed by atoms with Gasteiger partial charge in [-0.15, -0.1) is 0 Å². The Hall–Kier alpha value is -2.61. The van der Waals surface area contributed by atoms with Crippen LogP contribution < -0.4 is 4.74 Å². The molecule has 1 aliphatic carbocycles. The Morgan fingerprint density at radius 3 is 2.36 bits per heavy atom. The molecule has 1 aliphatic rings. The Morgan fingerprint density at radius 2 is 1.79 bits per heavy atom. The van der Waals surface area contributed by atoms with Gasteiger partial charge in [0.05, 0.1) is 31.8 Å². The quantitative estimate of drug-likeness (QED) is 0.551. The Balaban J connectivity index is 2.66. The summed E-state index contributed by atoms with van der Waals surface area (Å²) in [7, 11) is 1.35. The minimum absolute atomic E-state index is 0.0642. The lowest BCUT2D eigenvalue weighted by Crippen LogP contribution is -2.55.